The molecule has 0 aliphatic carbocycles. The lowest BCUT2D eigenvalue weighted by Crippen LogP contribution is -1.92. The molecule has 1 atom stereocenters. The van der Waals surface area contributed by atoms with E-state index in [2.05, 4.69) is 4.74 Å². The van der Waals surface area contributed by atoms with E-state index >= 15 is 0 Å². The summed E-state index contributed by atoms with van der Waals surface area (Å²) in [5, 5.41) is 0. The Bertz CT molecular complexity index is 398. The van der Waals surface area contributed by atoms with Crippen LogP contribution in [0.1, 0.15) is 0 Å². The van der Waals surface area contributed by atoms with E-state index in [9.17, 15) is 21.9 Å². The van der Waals surface area contributed by atoms with Gasteiger partial charge < -0.3 is 9.29 Å². The van der Waals surface area contributed by atoms with Gasteiger partial charge in [-0.2, -0.15) is 13.2 Å². The molecule has 0 spiro atoms. The van der Waals surface area contributed by atoms with Gasteiger partial charge in [0.05, 0.1) is 0 Å². The zero-order valence-electron chi connectivity index (χ0n) is 7.08. The van der Waals surface area contributed by atoms with Gasteiger partial charge >= 0.3 is 12.1 Å². The minimum Gasteiger partial charge on any atom is -0.768 e. The number of hydrogen-bond donors (Lipinski definition) is 0. The lowest BCUT2D eigenvalue weighted by molar-refractivity contribution is 0.241. The van der Waals surface area contributed by atoms with Crippen molar-refractivity contribution in [2.75, 3.05) is 0 Å². The summed E-state index contributed by atoms with van der Waals surface area (Å²) in [5.74, 6) is -0.213. The van der Waals surface area contributed by atoms with Crippen LogP contribution < -0.4 is 4.74 Å². The Labute approximate surface area is 85.5 Å². The maximum absolute atomic E-state index is 12.3. The minimum atomic E-state index is -2.58. The predicted molar refractivity (Wildman–Crippen MR) is 44.6 cm³/mol. The molecule has 0 amide bonds. The Balaban J connectivity index is 2.82. The van der Waals surface area contributed by atoms with E-state index in [1.54, 1.807) is 0 Å². The van der Waals surface area contributed by atoms with Gasteiger partial charge in [-0.3, -0.25) is 4.21 Å². The van der Waals surface area contributed by atoms with Crippen molar-refractivity contribution in [2.24, 2.45) is 0 Å². The SMILES string of the molecule is O=S([O-])c1ccc(OC(F)=C(F)F)cc1. The van der Waals surface area contributed by atoms with Crippen molar-refractivity contribution in [3.63, 3.8) is 0 Å². The summed E-state index contributed by atoms with van der Waals surface area (Å²) in [6, 6.07) is 2.32. The second kappa shape index (κ2) is 4.94. The summed E-state index contributed by atoms with van der Waals surface area (Å²) in [7, 11) is 0. The topological polar surface area (TPSA) is 49.4 Å². The van der Waals surface area contributed by atoms with E-state index < -0.39 is 23.2 Å². The van der Waals surface area contributed by atoms with Crippen molar-refractivity contribution >= 4 is 11.1 Å². The Kier molecular flexibility index (Phi) is 3.87. The van der Waals surface area contributed by atoms with Gasteiger partial charge in [0.2, 0.25) is 0 Å². The van der Waals surface area contributed by atoms with Crippen LogP contribution in [0, 0.1) is 0 Å². The Hall–Kier alpha value is -1.34. The highest BCUT2D eigenvalue weighted by molar-refractivity contribution is 7.79. The summed E-state index contributed by atoms with van der Waals surface area (Å²) in [6.07, 6.45) is -2.58. The third-order valence-electron chi connectivity index (χ3n) is 1.37. The van der Waals surface area contributed by atoms with Crippen LogP contribution in [0.15, 0.2) is 41.3 Å². The van der Waals surface area contributed by atoms with Crippen LogP contribution in [0.4, 0.5) is 13.2 Å². The molecule has 1 aromatic carbocycles. The molecule has 0 aliphatic rings. The quantitative estimate of drug-likeness (QED) is 0.598. The van der Waals surface area contributed by atoms with Gasteiger partial charge in [0.1, 0.15) is 5.75 Å². The average molecular weight is 237 g/mol. The maximum atomic E-state index is 12.3. The minimum absolute atomic E-state index is 0.0486. The number of benzene rings is 1. The van der Waals surface area contributed by atoms with Crippen molar-refractivity contribution in [3.05, 3.63) is 36.4 Å². The molecule has 0 N–H and O–H groups in total. The molecule has 0 aliphatic heterocycles. The molecule has 82 valence electrons. The molecule has 0 fully saturated rings. The van der Waals surface area contributed by atoms with Crippen molar-refractivity contribution < 1.29 is 26.7 Å². The first kappa shape index (κ1) is 11.7. The summed E-state index contributed by atoms with van der Waals surface area (Å²) >= 11 is -2.42. The highest BCUT2D eigenvalue weighted by atomic mass is 32.2. The van der Waals surface area contributed by atoms with E-state index in [1.807, 2.05) is 0 Å². The van der Waals surface area contributed by atoms with Gasteiger partial charge in [-0.15, -0.1) is 0 Å². The van der Waals surface area contributed by atoms with Crippen LogP contribution in [0.5, 0.6) is 5.75 Å². The van der Waals surface area contributed by atoms with Crippen LogP contribution >= 0.6 is 0 Å². The summed E-state index contributed by atoms with van der Waals surface area (Å²) in [6.45, 7) is 0. The Morgan fingerprint density at radius 2 is 1.73 bits per heavy atom. The highest BCUT2D eigenvalue weighted by Gasteiger charge is 2.07. The largest absolute Gasteiger partial charge is 0.768 e. The number of ether oxygens (including phenoxy) is 1. The fraction of sp³-hybridized carbons (Fsp3) is 0. The van der Waals surface area contributed by atoms with Crippen LogP contribution in [0.2, 0.25) is 0 Å². The van der Waals surface area contributed by atoms with Gasteiger partial charge in [0.25, 0.3) is 0 Å². The van der Waals surface area contributed by atoms with Gasteiger partial charge in [0, 0.05) is 4.90 Å². The van der Waals surface area contributed by atoms with Gasteiger partial charge in [-0.05, 0) is 35.3 Å². The van der Waals surface area contributed by atoms with Crippen LogP contribution in [0.25, 0.3) is 0 Å². The molecule has 0 heterocycles. The first-order valence-electron chi connectivity index (χ1n) is 3.58. The van der Waals surface area contributed by atoms with Crippen LogP contribution in [-0.4, -0.2) is 8.76 Å². The monoisotopic (exact) mass is 237 g/mol. The van der Waals surface area contributed by atoms with Crippen molar-refractivity contribution in [3.8, 4) is 5.75 Å². The lowest BCUT2D eigenvalue weighted by Gasteiger charge is -2.06. The number of halogens is 3. The van der Waals surface area contributed by atoms with Gasteiger partial charge in [0.15, 0.2) is 0 Å². The molecular weight excluding hydrogens is 233 g/mol. The normalized spacial score (nSPS) is 12.0. The fourth-order valence-corrected chi connectivity index (χ4v) is 1.12. The van der Waals surface area contributed by atoms with E-state index in [-0.39, 0.29) is 10.6 Å². The number of hydrogen-bond acceptors (Lipinski definition) is 3. The Morgan fingerprint density at radius 1 is 1.20 bits per heavy atom. The molecule has 0 saturated heterocycles. The lowest BCUT2D eigenvalue weighted by atomic mass is 10.3. The van der Waals surface area contributed by atoms with E-state index in [0.29, 0.717) is 0 Å². The van der Waals surface area contributed by atoms with E-state index in [4.69, 9.17) is 0 Å². The molecule has 0 radical (unpaired) electrons. The molecule has 1 unspecified atom stereocenters. The summed E-state index contributed by atoms with van der Waals surface area (Å²) in [4.78, 5) is -0.0486. The summed E-state index contributed by atoms with van der Waals surface area (Å²) in [5.41, 5.74) is 0. The molecule has 15 heavy (non-hydrogen) atoms. The third-order valence-corrected chi connectivity index (χ3v) is 2.03. The Morgan fingerprint density at radius 3 is 2.13 bits per heavy atom. The zero-order chi connectivity index (χ0) is 11.4. The zero-order valence-corrected chi connectivity index (χ0v) is 7.89. The molecule has 0 saturated carbocycles. The van der Waals surface area contributed by atoms with E-state index in [1.165, 1.54) is 0 Å². The fourth-order valence-electron chi connectivity index (χ4n) is 0.761. The molecule has 3 nitrogen and oxygen atoms in total. The predicted octanol–water partition coefficient (Wildman–Crippen LogP) is 2.34. The molecule has 1 rings (SSSR count). The molecule has 1 aromatic rings. The molecule has 7 heteroatoms. The van der Waals surface area contributed by atoms with Crippen molar-refractivity contribution in [2.45, 2.75) is 4.90 Å². The summed E-state index contributed by atoms with van der Waals surface area (Å²) < 4.78 is 60.3. The maximum Gasteiger partial charge on any atom is 0.344 e. The first-order chi connectivity index (χ1) is 7.00. The molecule has 0 aromatic heterocycles. The number of rotatable bonds is 3. The van der Waals surface area contributed by atoms with E-state index in [0.717, 1.165) is 24.3 Å². The van der Waals surface area contributed by atoms with Crippen molar-refractivity contribution in [1.82, 2.24) is 0 Å². The highest BCUT2D eigenvalue weighted by Crippen LogP contribution is 2.19. The second-order valence-corrected chi connectivity index (χ2v) is 3.28. The molecule has 0 bridgehead atoms. The first-order valence-corrected chi connectivity index (χ1v) is 4.66. The average Bonchev–Trinajstić information content (AvgIpc) is 2.18. The van der Waals surface area contributed by atoms with Gasteiger partial charge in [-0.1, -0.05) is 0 Å². The third kappa shape index (κ3) is 3.37. The molecular formula is C8H4F3O3S-. The van der Waals surface area contributed by atoms with Crippen molar-refractivity contribution in [1.29, 1.82) is 0 Å². The van der Waals surface area contributed by atoms with Crippen LogP contribution in [-0.2, 0) is 11.1 Å². The smallest absolute Gasteiger partial charge is 0.344 e. The van der Waals surface area contributed by atoms with Gasteiger partial charge in [-0.25, -0.2) is 0 Å². The van der Waals surface area contributed by atoms with Crippen LogP contribution in [0.3, 0.4) is 0 Å². The second-order valence-electron chi connectivity index (χ2n) is 2.34. The standard InChI is InChI=1S/C8H5F3O3S/c9-7(10)8(11)14-5-1-3-6(4-2-5)15(12)13/h1-4H,(H,12,13)/p-1.